The molecule has 1 saturated carbocycles. The minimum absolute atomic E-state index is 0.155. The van der Waals surface area contributed by atoms with E-state index >= 15 is 0 Å². The zero-order chi connectivity index (χ0) is 13.0. The number of carbonyl (C=O) groups excluding carboxylic acids is 1. The molecule has 0 aromatic heterocycles. The molecule has 0 saturated heterocycles. The van der Waals surface area contributed by atoms with E-state index in [1.165, 1.54) is 20.0 Å². The molecule has 1 rings (SSSR count). The summed E-state index contributed by atoms with van der Waals surface area (Å²) in [5.41, 5.74) is 6.55. The molecule has 6 nitrogen and oxygen atoms in total. The third-order valence-corrected chi connectivity index (χ3v) is 2.54. The normalized spacial score (nSPS) is 18.7. The highest BCUT2D eigenvalue weighted by molar-refractivity contribution is 6.43. The Labute approximate surface area is 99.6 Å². The molecule has 4 N–H and O–H groups in total. The number of aliphatic imine (C=N–C) groups is 1. The van der Waals surface area contributed by atoms with E-state index in [2.05, 4.69) is 10.3 Å². The molecule has 0 radical (unpaired) electrons. The summed E-state index contributed by atoms with van der Waals surface area (Å²) in [5, 5.41) is 11.0. The van der Waals surface area contributed by atoms with E-state index in [4.69, 9.17) is 10.8 Å². The average Bonchev–Trinajstić information content (AvgIpc) is 3.08. The monoisotopic (exact) mass is 239 g/mol. The van der Waals surface area contributed by atoms with Gasteiger partial charge in [-0.25, -0.2) is 0 Å². The summed E-state index contributed by atoms with van der Waals surface area (Å²) in [4.78, 5) is 26.1. The first-order valence-electron chi connectivity index (χ1n) is 5.43. The van der Waals surface area contributed by atoms with Crippen molar-refractivity contribution in [2.24, 2.45) is 16.6 Å². The van der Waals surface area contributed by atoms with E-state index in [9.17, 15) is 9.59 Å². The maximum Gasteiger partial charge on any atom is 0.325 e. The highest BCUT2D eigenvalue weighted by atomic mass is 16.4. The molecule has 0 aromatic carbocycles. The number of nitrogens with one attached hydrogen (secondary N) is 1. The van der Waals surface area contributed by atoms with Gasteiger partial charge in [-0.05, 0) is 31.8 Å². The van der Waals surface area contributed by atoms with Crippen LogP contribution in [0.3, 0.4) is 0 Å². The average molecular weight is 239 g/mol. The fraction of sp³-hybridized carbons (Fsp3) is 0.545. The van der Waals surface area contributed by atoms with Crippen molar-refractivity contribution in [3.63, 3.8) is 0 Å². The van der Waals surface area contributed by atoms with Gasteiger partial charge in [0.25, 0.3) is 5.91 Å². The number of nitrogens with two attached hydrogens (primary N) is 1. The summed E-state index contributed by atoms with van der Waals surface area (Å²) in [7, 11) is 1.47. The zero-order valence-corrected chi connectivity index (χ0v) is 9.93. The van der Waals surface area contributed by atoms with Gasteiger partial charge < -0.3 is 16.2 Å². The van der Waals surface area contributed by atoms with Crippen molar-refractivity contribution in [2.75, 3.05) is 7.05 Å². The number of hydrogen-bond donors (Lipinski definition) is 3. The van der Waals surface area contributed by atoms with Crippen molar-refractivity contribution in [1.29, 1.82) is 0 Å². The molecular formula is C11H17N3O3. The van der Waals surface area contributed by atoms with Crippen molar-refractivity contribution < 1.29 is 14.7 Å². The number of carbonyl (C=O) groups is 2. The molecule has 0 aliphatic heterocycles. The van der Waals surface area contributed by atoms with E-state index in [1.54, 1.807) is 0 Å². The highest BCUT2D eigenvalue weighted by Crippen LogP contribution is 2.33. The maximum atomic E-state index is 11.7. The Balaban J connectivity index is 2.65. The van der Waals surface area contributed by atoms with Gasteiger partial charge in [-0.1, -0.05) is 0 Å². The van der Waals surface area contributed by atoms with Crippen LogP contribution in [-0.4, -0.2) is 35.8 Å². The van der Waals surface area contributed by atoms with Gasteiger partial charge >= 0.3 is 5.97 Å². The number of nitrogens with zero attached hydrogens (tertiary/aromatic N) is 1. The first-order chi connectivity index (χ1) is 7.95. The van der Waals surface area contributed by atoms with Crippen molar-refractivity contribution in [2.45, 2.75) is 25.8 Å². The largest absolute Gasteiger partial charge is 0.480 e. The second kappa shape index (κ2) is 5.47. The summed E-state index contributed by atoms with van der Waals surface area (Å²) in [6.45, 7) is 1.39. The number of carboxylic acid groups (broad SMARTS) is 1. The first-order valence-corrected chi connectivity index (χ1v) is 5.43. The topological polar surface area (TPSA) is 105 Å². The fourth-order valence-corrected chi connectivity index (χ4v) is 1.26. The molecule has 1 fully saturated rings. The lowest BCUT2D eigenvalue weighted by molar-refractivity contribution is -0.140. The van der Waals surface area contributed by atoms with Crippen LogP contribution in [0.5, 0.6) is 0 Å². The van der Waals surface area contributed by atoms with Crippen molar-refractivity contribution in [3.05, 3.63) is 11.8 Å². The SMILES string of the molecule is CN=C(/C=C(\N)C1CC1)C(=O)NC(C)C(=O)O. The molecular weight excluding hydrogens is 222 g/mol. The highest BCUT2D eigenvalue weighted by Gasteiger charge is 2.25. The Morgan fingerprint density at radius 3 is 2.53 bits per heavy atom. The molecule has 1 amide bonds. The van der Waals surface area contributed by atoms with Crippen LogP contribution in [0.15, 0.2) is 16.8 Å². The smallest absolute Gasteiger partial charge is 0.325 e. The lowest BCUT2D eigenvalue weighted by atomic mass is 10.2. The molecule has 1 aliphatic rings. The van der Waals surface area contributed by atoms with Crippen molar-refractivity contribution >= 4 is 17.6 Å². The van der Waals surface area contributed by atoms with Gasteiger partial charge in [0, 0.05) is 12.7 Å². The van der Waals surface area contributed by atoms with Crippen LogP contribution in [0.1, 0.15) is 19.8 Å². The lowest BCUT2D eigenvalue weighted by Gasteiger charge is -2.09. The minimum atomic E-state index is -1.09. The van der Waals surface area contributed by atoms with Crippen LogP contribution in [0, 0.1) is 5.92 Å². The minimum Gasteiger partial charge on any atom is -0.480 e. The van der Waals surface area contributed by atoms with E-state index in [0.29, 0.717) is 11.6 Å². The Hall–Kier alpha value is -1.85. The molecule has 0 heterocycles. The third-order valence-electron chi connectivity index (χ3n) is 2.54. The predicted molar refractivity (Wildman–Crippen MR) is 63.6 cm³/mol. The molecule has 0 spiro atoms. The molecule has 1 aliphatic carbocycles. The third kappa shape index (κ3) is 3.90. The molecule has 0 aromatic rings. The summed E-state index contributed by atoms with van der Waals surface area (Å²) >= 11 is 0. The maximum absolute atomic E-state index is 11.7. The van der Waals surface area contributed by atoms with Gasteiger partial charge in [-0.3, -0.25) is 14.6 Å². The first kappa shape index (κ1) is 13.2. The van der Waals surface area contributed by atoms with Crippen molar-refractivity contribution in [3.8, 4) is 0 Å². The zero-order valence-electron chi connectivity index (χ0n) is 9.93. The Morgan fingerprint density at radius 1 is 1.53 bits per heavy atom. The van der Waals surface area contributed by atoms with Crippen molar-refractivity contribution in [1.82, 2.24) is 5.32 Å². The number of amides is 1. The fourth-order valence-electron chi connectivity index (χ4n) is 1.26. The van der Waals surface area contributed by atoms with E-state index in [-0.39, 0.29) is 5.71 Å². The van der Waals surface area contributed by atoms with Crippen LogP contribution in [0.2, 0.25) is 0 Å². The Kier molecular flexibility index (Phi) is 4.25. The number of hydrogen-bond acceptors (Lipinski definition) is 4. The van der Waals surface area contributed by atoms with Gasteiger partial charge in [0.2, 0.25) is 0 Å². The van der Waals surface area contributed by atoms with Gasteiger partial charge in [-0.15, -0.1) is 0 Å². The van der Waals surface area contributed by atoms with E-state index in [0.717, 1.165) is 12.8 Å². The Morgan fingerprint density at radius 2 is 2.12 bits per heavy atom. The number of allylic oxidation sites excluding steroid dienone is 1. The van der Waals surface area contributed by atoms with E-state index < -0.39 is 17.9 Å². The lowest BCUT2D eigenvalue weighted by Crippen LogP contribution is -2.41. The standard InChI is InChI=1S/C11H17N3O3/c1-6(11(16)17)14-10(15)9(13-2)5-8(12)7-3-4-7/h5-7H,3-4,12H2,1-2H3,(H,14,15)(H,16,17)/b8-5-,13-9?. The summed E-state index contributed by atoms with van der Waals surface area (Å²) < 4.78 is 0. The summed E-state index contributed by atoms with van der Waals surface area (Å²) in [6, 6.07) is -0.949. The molecule has 1 atom stereocenters. The molecule has 0 bridgehead atoms. The predicted octanol–water partition coefficient (Wildman–Crippen LogP) is -0.101. The molecule has 1 unspecified atom stereocenters. The summed E-state index contributed by atoms with van der Waals surface area (Å²) in [6.07, 6.45) is 3.58. The number of aliphatic carboxylic acids is 1. The molecule has 17 heavy (non-hydrogen) atoms. The van der Waals surface area contributed by atoms with Gasteiger partial charge in [-0.2, -0.15) is 0 Å². The molecule has 94 valence electrons. The van der Waals surface area contributed by atoms with Gasteiger partial charge in [0.1, 0.15) is 11.8 Å². The van der Waals surface area contributed by atoms with Crippen LogP contribution < -0.4 is 11.1 Å². The quantitative estimate of drug-likeness (QED) is 0.582. The number of rotatable bonds is 5. The molecule has 6 heteroatoms. The second-order valence-corrected chi connectivity index (χ2v) is 4.06. The number of carboxylic acids is 1. The second-order valence-electron chi connectivity index (χ2n) is 4.06. The van der Waals surface area contributed by atoms with Crippen LogP contribution in [0.25, 0.3) is 0 Å². The van der Waals surface area contributed by atoms with Gasteiger partial charge in [0.15, 0.2) is 0 Å². The van der Waals surface area contributed by atoms with Crippen LogP contribution in [-0.2, 0) is 9.59 Å². The summed E-state index contributed by atoms with van der Waals surface area (Å²) in [5.74, 6) is -1.27. The van der Waals surface area contributed by atoms with Gasteiger partial charge in [0.05, 0.1) is 0 Å². The Bertz CT molecular complexity index is 383. The van der Waals surface area contributed by atoms with E-state index in [1.807, 2.05) is 0 Å². The van der Waals surface area contributed by atoms with Crippen LogP contribution >= 0.6 is 0 Å². The van der Waals surface area contributed by atoms with Crippen LogP contribution in [0.4, 0.5) is 0 Å².